The van der Waals surface area contributed by atoms with Crippen molar-refractivity contribution in [3.8, 4) is 0 Å². The molecule has 0 aromatic heterocycles. The van der Waals surface area contributed by atoms with Crippen LogP contribution in [0.2, 0.25) is 0 Å². The number of carbonyl (C=O) groups excluding carboxylic acids is 2. The van der Waals surface area contributed by atoms with Gasteiger partial charge < -0.3 is 15.1 Å². The zero-order valence-corrected chi connectivity index (χ0v) is 21.4. The van der Waals surface area contributed by atoms with E-state index in [2.05, 4.69) is 5.32 Å². The van der Waals surface area contributed by atoms with Gasteiger partial charge in [0.25, 0.3) is 17.7 Å². The number of hydrogen-bond donors (Lipinski definition) is 1. The van der Waals surface area contributed by atoms with Crippen molar-refractivity contribution in [2.24, 2.45) is 0 Å². The number of amides is 2. The van der Waals surface area contributed by atoms with Crippen LogP contribution in [0.1, 0.15) is 54.4 Å². The second-order valence-corrected chi connectivity index (χ2v) is 10.4. The zero-order valence-electron chi connectivity index (χ0n) is 21.4. The molecule has 40 heavy (non-hydrogen) atoms. The van der Waals surface area contributed by atoms with Gasteiger partial charge in [0.15, 0.2) is 0 Å². The molecule has 2 heterocycles. The largest absolute Gasteiger partial charge is 0.370 e. The first kappa shape index (κ1) is 27.5. The van der Waals surface area contributed by atoms with Crippen LogP contribution in [0.4, 0.5) is 44.7 Å². The van der Waals surface area contributed by atoms with Crippen LogP contribution in [0.25, 0.3) is 0 Å². The number of piperidine rings is 1. The Hall–Kier alpha value is -4.03. The summed E-state index contributed by atoms with van der Waals surface area (Å²) >= 11 is 0. The van der Waals surface area contributed by atoms with Gasteiger partial charge in [-0.25, -0.2) is 13.2 Å². The lowest BCUT2D eigenvalue weighted by Crippen LogP contribution is -2.44. The molecule has 212 valence electrons. The van der Waals surface area contributed by atoms with Crippen molar-refractivity contribution in [2.75, 3.05) is 35.3 Å². The Bertz CT molecular complexity index is 1440. The van der Waals surface area contributed by atoms with E-state index < -0.39 is 52.8 Å². The summed E-state index contributed by atoms with van der Waals surface area (Å²) in [7, 11) is 1.38. The molecule has 8 nitrogen and oxygen atoms in total. The number of rotatable bonds is 4. The molecule has 1 spiro atoms. The first-order chi connectivity index (χ1) is 18.8. The minimum absolute atomic E-state index is 0.000118. The summed E-state index contributed by atoms with van der Waals surface area (Å²) in [6, 6.07) is 5.97. The lowest BCUT2D eigenvalue weighted by Gasteiger charge is -2.36. The highest BCUT2D eigenvalue weighted by atomic mass is 19.3. The second kappa shape index (κ2) is 9.86. The Morgan fingerprint density at radius 2 is 1.70 bits per heavy atom. The van der Waals surface area contributed by atoms with Gasteiger partial charge in [-0.2, -0.15) is 8.78 Å². The van der Waals surface area contributed by atoms with Gasteiger partial charge in [0.05, 0.1) is 27.3 Å². The first-order valence-corrected chi connectivity index (χ1v) is 12.7. The van der Waals surface area contributed by atoms with E-state index in [0.29, 0.717) is 0 Å². The van der Waals surface area contributed by atoms with Crippen LogP contribution in [-0.4, -0.2) is 42.8 Å². The van der Waals surface area contributed by atoms with Crippen LogP contribution in [0, 0.1) is 15.9 Å². The normalized spacial score (nSPS) is 19.6. The molecule has 2 aromatic carbocycles. The maximum Gasteiger partial charge on any atom is 0.271 e. The van der Waals surface area contributed by atoms with Crippen LogP contribution in [-0.2, 0) is 10.2 Å². The molecule has 2 aliphatic heterocycles. The smallest absolute Gasteiger partial charge is 0.271 e. The molecule has 2 aromatic rings. The fourth-order valence-corrected chi connectivity index (χ4v) is 5.93. The number of fused-ring (bicyclic) bond motifs is 2. The molecule has 1 aliphatic carbocycles. The monoisotopic (exact) mass is 564 g/mol. The van der Waals surface area contributed by atoms with Crippen LogP contribution in [0.5, 0.6) is 0 Å². The Kier molecular flexibility index (Phi) is 6.79. The molecule has 0 unspecified atom stereocenters. The number of nitrogens with one attached hydrogen (secondary N) is 1. The molecule has 1 saturated carbocycles. The highest BCUT2D eigenvalue weighted by Gasteiger charge is 2.55. The average molecular weight is 565 g/mol. The third-order valence-electron chi connectivity index (χ3n) is 8.13. The van der Waals surface area contributed by atoms with Crippen molar-refractivity contribution in [2.45, 2.75) is 49.9 Å². The number of non-ortho nitro benzene ring substituents is 1. The van der Waals surface area contributed by atoms with Gasteiger partial charge in [-0.15, -0.1) is 0 Å². The fraction of sp³-hybridized carbons (Fsp3) is 0.407. The van der Waals surface area contributed by atoms with E-state index in [1.807, 2.05) is 0 Å². The summed E-state index contributed by atoms with van der Waals surface area (Å²) in [6.45, 7) is 0.201. The predicted molar refractivity (Wildman–Crippen MR) is 137 cm³/mol. The summed E-state index contributed by atoms with van der Waals surface area (Å²) in [5, 5.41) is 14.0. The Labute approximate surface area is 225 Å². The molecule has 2 fully saturated rings. The van der Waals surface area contributed by atoms with Crippen molar-refractivity contribution in [1.29, 1.82) is 0 Å². The third kappa shape index (κ3) is 4.66. The highest BCUT2D eigenvalue weighted by molar-refractivity contribution is 6.11. The lowest BCUT2D eigenvalue weighted by atomic mass is 9.69. The number of anilines is 3. The van der Waals surface area contributed by atoms with Crippen molar-refractivity contribution in [3.63, 3.8) is 0 Å². The Balaban J connectivity index is 1.48. The second-order valence-electron chi connectivity index (χ2n) is 10.4. The number of alkyl halides is 2. The molecule has 13 heteroatoms. The molecular formula is C27H25F5N4O4. The van der Waals surface area contributed by atoms with Gasteiger partial charge in [-0.3, -0.25) is 19.7 Å². The maximum atomic E-state index is 15.3. The van der Waals surface area contributed by atoms with Gasteiger partial charge in [-0.05, 0) is 55.0 Å². The van der Waals surface area contributed by atoms with E-state index in [9.17, 15) is 37.3 Å². The van der Waals surface area contributed by atoms with E-state index in [4.69, 9.17) is 0 Å². The quantitative estimate of drug-likeness (QED) is 0.273. The summed E-state index contributed by atoms with van der Waals surface area (Å²) in [5.41, 5.74) is -1.32. The number of hydrogen-bond acceptors (Lipinski definition) is 5. The molecule has 5 rings (SSSR count). The van der Waals surface area contributed by atoms with Crippen molar-refractivity contribution in [1.82, 2.24) is 0 Å². The molecular weight excluding hydrogens is 539 g/mol. The summed E-state index contributed by atoms with van der Waals surface area (Å²) in [5.74, 6) is -4.97. The van der Waals surface area contributed by atoms with Crippen LogP contribution in [0.3, 0.4) is 0 Å². The van der Waals surface area contributed by atoms with Crippen LogP contribution in [0.15, 0.2) is 42.0 Å². The molecule has 0 bridgehead atoms. The number of halogens is 5. The standard InChI is InChI=1S/C27H25F5N4O4/c1-34-22-19(26(25(34)38)6-8-27(31,32)9-7-26)12-16(13-20(22)28)33-24(37)18-3-2-17(36(39)40)14-21(18)35-10-4-15(5-11-35)23(29)30/h2-3,12-14H,4-11H2,1H3,(H,33,37). The fourth-order valence-electron chi connectivity index (χ4n) is 5.93. The summed E-state index contributed by atoms with van der Waals surface area (Å²) in [4.78, 5) is 40.0. The first-order valence-electron chi connectivity index (χ1n) is 12.7. The van der Waals surface area contributed by atoms with Crippen molar-refractivity contribution in [3.05, 3.63) is 69.0 Å². The minimum atomic E-state index is -2.93. The van der Waals surface area contributed by atoms with E-state index in [1.165, 1.54) is 25.2 Å². The van der Waals surface area contributed by atoms with Crippen LogP contribution >= 0.6 is 0 Å². The molecule has 2 amide bonds. The number of nitrogens with zero attached hydrogens (tertiary/aromatic N) is 3. The topological polar surface area (TPSA) is 95.8 Å². The van der Waals surface area contributed by atoms with E-state index in [0.717, 1.165) is 17.0 Å². The van der Waals surface area contributed by atoms with E-state index in [1.54, 1.807) is 4.90 Å². The predicted octanol–water partition coefficient (Wildman–Crippen LogP) is 6.16. The van der Waals surface area contributed by atoms with Gasteiger partial charge in [0, 0.05) is 50.8 Å². The molecule has 0 atom stereocenters. The number of likely N-dealkylation sites (N-methyl/N-ethyl adjacent to an activating group) is 1. The Morgan fingerprint density at radius 3 is 2.30 bits per heavy atom. The number of benzene rings is 2. The minimum Gasteiger partial charge on any atom is -0.370 e. The van der Waals surface area contributed by atoms with Gasteiger partial charge in [0.2, 0.25) is 11.8 Å². The van der Waals surface area contributed by atoms with Gasteiger partial charge in [0.1, 0.15) is 5.82 Å². The molecule has 3 aliphatic rings. The number of nitro benzene ring substituents is 1. The lowest BCUT2D eigenvalue weighted by molar-refractivity contribution is -0.384. The SMILES string of the molecule is CN1C(=O)C2(CCC(F)(F)CC2)c2cc(NC(=O)c3ccc([N+](=O)[O-])cc3N3CCC(=C(F)F)CC3)cc(F)c21. The van der Waals surface area contributed by atoms with Crippen LogP contribution < -0.4 is 15.1 Å². The number of carbonyl (C=O) groups is 2. The van der Waals surface area contributed by atoms with Gasteiger partial charge in [-0.1, -0.05) is 0 Å². The van der Waals surface area contributed by atoms with Crippen molar-refractivity contribution >= 4 is 34.6 Å². The highest BCUT2D eigenvalue weighted by Crippen LogP contribution is 2.54. The molecule has 1 N–H and O–H groups in total. The third-order valence-corrected chi connectivity index (χ3v) is 8.13. The van der Waals surface area contributed by atoms with E-state index in [-0.39, 0.29) is 78.2 Å². The number of nitro groups is 1. The van der Waals surface area contributed by atoms with E-state index >= 15 is 4.39 Å². The van der Waals surface area contributed by atoms with Crippen molar-refractivity contribution < 1.29 is 36.5 Å². The Morgan fingerprint density at radius 1 is 1.05 bits per heavy atom. The summed E-state index contributed by atoms with van der Waals surface area (Å²) in [6.07, 6.45) is -3.14. The maximum absolute atomic E-state index is 15.3. The molecule has 0 radical (unpaired) electrons. The zero-order chi connectivity index (χ0) is 29.0. The average Bonchev–Trinajstić information content (AvgIpc) is 3.12. The van der Waals surface area contributed by atoms with Gasteiger partial charge >= 0.3 is 0 Å². The summed E-state index contributed by atoms with van der Waals surface area (Å²) < 4.78 is 69.2. The molecule has 1 saturated heterocycles.